The third kappa shape index (κ3) is 3.19. The molecule has 0 amide bonds. The predicted molar refractivity (Wildman–Crippen MR) is 112 cm³/mol. The first-order chi connectivity index (χ1) is 14.0. The number of hydrogen-bond acceptors (Lipinski definition) is 4. The van der Waals surface area contributed by atoms with Crippen molar-refractivity contribution < 1.29 is 4.39 Å². The van der Waals surface area contributed by atoms with Gasteiger partial charge in [-0.15, -0.1) is 0 Å². The molecule has 0 spiro atoms. The Morgan fingerprint density at radius 2 is 1.90 bits per heavy atom. The molecule has 150 valence electrons. The second-order valence-electron chi connectivity index (χ2n) is 8.10. The number of piperidine rings is 1. The van der Waals surface area contributed by atoms with Crippen LogP contribution in [0.2, 0.25) is 0 Å². The van der Waals surface area contributed by atoms with E-state index in [2.05, 4.69) is 34.1 Å². The van der Waals surface area contributed by atoms with E-state index in [-0.39, 0.29) is 5.82 Å². The summed E-state index contributed by atoms with van der Waals surface area (Å²) in [5.41, 5.74) is 4.84. The van der Waals surface area contributed by atoms with Crippen molar-refractivity contribution in [2.75, 3.05) is 20.1 Å². The van der Waals surface area contributed by atoms with Crippen LogP contribution in [0.5, 0.6) is 0 Å². The van der Waals surface area contributed by atoms with E-state index in [1.165, 1.54) is 0 Å². The zero-order chi connectivity index (χ0) is 20.1. The molecular formula is C22H25FN6. The van der Waals surface area contributed by atoms with Crippen molar-refractivity contribution >= 4 is 16.6 Å². The van der Waals surface area contributed by atoms with Gasteiger partial charge in [-0.2, -0.15) is 10.2 Å². The number of aromatic nitrogens is 5. The lowest BCUT2D eigenvalue weighted by Gasteiger charge is -2.28. The molecular weight excluding hydrogens is 367 g/mol. The van der Waals surface area contributed by atoms with Crippen molar-refractivity contribution in [2.45, 2.75) is 39.2 Å². The van der Waals surface area contributed by atoms with Crippen LogP contribution in [0.25, 0.3) is 27.8 Å². The van der Waals surface area contributed by atoms with Crippen LogP contribution in [0.1, 0.15) is 37.1 Å². The largest absolute Gasteiger partial charge is 0.306 e. The minimum atomic E-state index is -0.300. The summed E-state index contributed by atoms with van der Waals surface area (Å²) in [5.74, 6) is -0.300. The van der Waals surface area contributed by atoms with Gasteiger partial charge in [-0.25, -0.2) is 13.9 Å². The normalized spacial score (nSPS) is 16.3. The van der Waals surface area contributed by atoms with Crippen LogP contribution in [0.4, 0.5) is 4.39 Å². The molecule has 0 aliphatic carbocycles. The predicted octanol–water partition coefficient (Wildman–Crippen LogP) is 4.02. The molecule has 4 heterocycles. The quantitative estimate of drug-likeness (QED) is 0.528. The summed E-state index contributed by atoms with van der Waals surface area (Å²) in [6.45, 7) is 6.14. The molecule has 7 heteroatoms. The molecule has 3 aromatic heterocycles. The molecule has 0 unspecified atom stereocenters. The van der Waals surface area contributed by atoms with E-state index in [1.807, 2.05) is 36.1 Å². The molecule has 1 aliphatic rings. The van der Waals surface area contributed by atoms with Gasteiger partial charge in [0.05, 0.1) is 23.6 Å². The third-order valence-corrected chi connectivity index (χ3v) is 5.94. The molecule has 0 atom stereocenters. The Kier molecular flexibility index (Phi) is 4.35. The SMILES string of the molecule is CCc1cc(-c2cc(F)c3nn(C4CCN(C)CC4)cc3c2)nn2cc(C)nc12. The Morgan fingerprint density at radius 3 is 2.66 bits per heavy atom. The summed E-state index contributed by atoms with van der Waals surface area (Å²) < 4.78 is 18.7. The number of aryl methyl sites for hydroxylation is 2. The summed E-state index contributed by atoms with van der Waals surface area (Å²) in [5, 5.41) is 10.1. The van der Waals surface area contributed by atoms with E-state index in [0.29, 0.717) is 11.6 Å². The second-order valence-corrected chi connectivity index (χ2v) is 8.10. The maximum absolute atomic E-state index is 14.9. The fourth-order valence-corrected chi connectivity index (χ4v) is 4.26. The van der Waals surface area contributed by atoms with Crippen LogP contribution in [0.3, 0.4) is 0 Å². The highest BCUT2D eigenvalue weighted by atomic mass is 19.1. The highest BCUT2D eigenvalue weighted by Crippen LogP contribution is 2.29. The van der Waals surface area contributed by atoms with Gasteiger partial charge in [-0.1, -0.05) is 6.92 Å². The number of nitrogens with zero attached hydrogens (tertiary/aromatic N) is 6. The Hall–Kier alpha value is -2.80. The average molecular weight is 392 g/mol. The summed E-state index contributed by atoms with van der Waals surface area (Å²) in [6.07, 6.45) is 6.81. The van der Waals surface area contributed by atoms with Gasteiger partial charge in [0.1, 0.15) is 5.52 Å². The van der Waals surface area contributed by atoms with E-state index in [9.17, 15) is 4.39 Å². The fourth-order valence-electron chi connectivity index (χ4n) is 4.26. The first-order valence-electron chi connectivity index (χ1n) is 10.2. The van der Waals surface area contributed by atoms with Gasteiger partial charge in [0.15, 0.2) is 11.5 Å². The van der Waals surface area contributed by atoms with Crippen LogP contribution in [0.15, 0.2) is 30.6 Å². The standard InChI is InChI=1S/C22H25FN6/c1-4-15-11-20(25-29-12-14(2)24-22(15)29)16-9-17-13-28(26-21(17)19(23)10-16)18-5-7-27(3)8-6-18/h9-13,18H,4-8H2,1-3H3. The summed E-state index contributed by atoms with van der Waals surface area (Å²) in [4.78, 5) is 6.88. The molecule has 5 rings (SSSR count). The molecule has 29 heavy (non-hydrogen) atoms. The number of rotatable bonds is 3. The fraction of sp³-hybridized carbons (Fsp3) is 0.409. The van der Waals surface area contributed by atoms with Crippen LogP contribution in [-0.4, -0.2) is 49.4 Å². The lowest BCUT2D eigenvalue weighted by atomic mass is 10.1. The smallest absolute Gasteiger partial charge is 0.156 e. The van der Waals surface area contributed by atoms with Crippen LogP contribution in [-0.2, 0) is 6.42 Å². The molecule has 1 saturated heterocycles. The first-order valence-corrected chi connectivity index (χ1v) is 10.2. The maximum Gasteiger partial charge on any atom is 0.156 e. The van der Waals surface area contributed by atoms with Crippen molar-refractivity contribution in [1.29, 1.82) is 0 Å². The van der Waals surface area contributed by atoms with E-state index in [0.717, 1.165) is 65.9 Å². The summed E-state index contributed by atoms with van der Waals surface area (Å²) in [7, 11) is 2.14. The van der Waals surface area contributed by atoms with E-state index < -0.39 is 0 Å². The maximum atomic E-state index is 14.9. The minimum absolute atomic E-state index is 0.300. The summed E-state index contributed by atoms with van der Waals surface area (Å²) in [6, 6.07) is 5.89. The molecule has 0 N–H and O–H groups in total. The minimum Gasteiger partial charge on any atom is -0.306 e. The highest BCUT2D eigenvalue weighted by Gasteiger charge is 2.21. The van der Waals surface area contributed by atoms with E-state index in [1.54, 1.807) is 10.6 Å². The lowest BCUT2D eigenvalue weighted by molar-refractivity contribution is 0.213. The van der Waals surface area contributed by atoms with Gasteiger partial charge in [-0.05, 0) is 70.1 Å². The molecule has 1 aromatic carbocycles. The van der Waals surface area contributed by atoms with E-state index in [4.69, 9.17) is 0 Å². The van der Waals surface area contributed by atoms with Crippen LogP contribution < -0.4 is 0 Å². The van der Waals surface area contributed by atoms with Gasteiger partial charge < -0.3 is 4.90 Å². The Balaban J connectivity index is 1.58. The molecule has 0 bridgehead atoms. The van der Waals surface area contributed by atoms with Crippen molar-refractivity contribution in [2.24, 2.45) is 0 Å². The molecule has 4 aromatic rings. The Labute approximate surface area is 169 Å². The van der Waals surface area contributed by atoms with Crippen molar-refractivity contribution in [3.8, 4) is 11.3 Å². The van der Waals surface area contributed by atoms with Crippen molar-refractivity contribution in [1.82, 2.24) is 29.3 Å². The van der Waals surface area contributed by atoms with Gasteiger partial charge >= 0.3 is 0 Å². The number of likely N-dealkylation sites (tertiary alicyclic amines) is 1. The Morgan fingerprint density at radius 1 is 1.10 bits per heavy atom. The van der Waals surface area contributed by atoms with Gasteiger partial charge in [0.25, 0.3) is 0 Å². The molecule has 6 nitrogen and oxygen atoms in total. The van der Waals surface area contributed by atoms with Gasteiger partial charge in [0.2, 0.25) is 0 Å². The third-order valence-electron chi connectivity index (χ3n) is 5.94. The number of fused-ring (bicyclic) bond motifs is 2. The van der Waals surface area contributed by atoms with Crippen molar-refractivity contribution in [3.05, 3.63) is 47.7 Å². The molecule has 0 radical (unpaired) electrons. The Bertz CT molecular complexity index is 1200. The number of halogens is 1. The zero-order valence-corrected chi connectivity index (χ0v) is 17.1. The average Bonchev–Trinajstić information content (AvgIpc) is 3.30. The monoisotopic (exact) mass is 392 g/mol. The van der Waals surface area contributed by atoms with Crippen LogP contribution >= 0.6 is 0 Å². The van der Waals surface area contributed by atoms with Crippen LogP contribution in [0, 0.1) is 12.7 Å². The highest BCUT2D eigenvalue weighted by molar-refractivity contribution is 5.84. The molecule has 1 aliphatic heterocycles. The second kappa shape index (κ2) is 6.91. The lowest BCUT2D eigenvalue weighted by Crippen LogP contribution is -2.31. The zero-order valence-electron chi connectivity index (χ0n) is 17.1. The number of hydrogen-bond donors (Lipinski definition) is 0. The number of imidazole rings is 1. The molecule has 0 saturated carbocycles. The van der Waals surface area contributed by atoms with Crippen molar-refractivity contribution in [3.63, 3.8) is 0 Å². The first kappa shape index (κ1) is 18.2. The topological polar surface area (TPSA) is 51.2 Å². The van der Waals surface area contributed by atoms with Gasteiger partial charge in [-0.3, -0.25) is 4.68 Å². The van der Waals surface area contributed by atoms with E-state index >= 15 is 0 Å². The number of benzene rings is 1. The van der Waals surface area contributed by atoms with Gasteiger partial charge in [0, 0.05) is 17.1 Å². The summed E-state index contributed by atoms with van der Waals surface area (Å²) >= 11 is 0. The molecule has 1 fully saturated rings.